The van der Waals surface area contributed by atoms with E-state index in [2.05, 4.69) is 43.4 Å². The minimum Gasteiger partial charge on any atom is -0.355 e. The van der Waals surface area contributed by atoms with Crippen molar-refractivity contribution in [3.8, 4) is 0 Å². The molecule has 4 nitrogen and oxygen atoms in total. The fraction of sp³-hybridized carbons (Fsp3) is 0.556. The first-order chi connectivity index (χ1) is 10.6. The van der Waals surface area contributed by atoms with Gasteiger partial charge in [0.25, 0.3) is 0 Å². The molecule has 1 aliphatic heterocycles. The molecule has 120 valence electrons. The van der Waals surface area contributed by atoms with Crippen molar-refractivity contribution in [2.75, 3.05) is 19.6 Å². The summed E-state index contributed by atoms with van der Waals surface area (Å²) < 4.78 is 0. The van der Waals surface area contributed by atoms with E-state index in [0.717, 1.165) is 25.8 Å². The Morgan fingerprint density at radius 3 is 2.73 bits per heavy atom. The Hall–Kier alpha value is -1.84. The van der Waals surface area contributed by atoms with Gasteiger partial charge in [-0.25, -0.2) is 0 Å². The van der Waals surface area contributed by atoms with E-state index in [-0.39, 0.29) is 17.7 Å². The first-order valence-corrected chi connectivity index (χ1v) is 8.21. The molecule has 0 aromatic heterocycles. The van der Waals surface area contributed by atoms with Crippen molar-refractivity contribution < 1.29 is 9.59 Å². The topological polar surface area (TPSA) is 49.4 Å². The lowest BCUT2D eigenvalue weighted by Crippen LogP contribution is -2.34. The summed E-state index contributed by atoms with van der Waals surface area (Å²) in [5.74, 6) is -0.0473. The highest BCUT2D eigenvalue weighted by molar-refractivity contribution is 5.89. The summed E-state index contributed by atoms with van der Waals surface area (Å²) in [6.07, 6.45) is 3.26. The van der Waals surface area contributed by atoms with Gasteiger partial charge in [0.2, 0.25) is 11.8 Å². The van der Waals surface area contributed by atoms with E-state index >= 15 is 0 Å². The SMILES string of the molecule is CCCCN1C[C@@H](C(=O)NCCc2ccc(C)cc2)CC1=O. The predicted octanol–water partition coefficient (Wildman–Crippen LogP) is 2.30. The Kier molecular flexibility index (Phi) is 5.99. The van der Waals surface area contributed by atoms with Crippen molar-refractivity contribution in [2.24, 2.45) is 5.92 Å². The van der Waals surface area contributed by atoms with Crippen LogP contribution in [-0.4, -0.2) is 36.3 Å². The summed E-state index contributed by atoms with van der Waals surface area (Å²) in [5.41, 5.74) is 2.46. The van der Waals surface area contributed by atoms with E-state index in [1.165, 1.54) is 11.1 Å². The minimum absolute atomic E-state index is 0.0134. The van der Waals surface area contributed by atoms with Crippen LogP contribution in [0.2, 0.25) is 0 Å². The predicted molar refractivity (Wildman–Crippen MR) is 87.5 cm³/mol. The first-order valence-electron chi connectivity index (χ1n) is 8.21. The molecule has 0 unspecified atom stereocenters. The van der Waals surface area contributed by atoms with Crippen LogP contribution in [0.1, 0.15) is 37.3 Å². The van der Waals surface area contributed by atoms with Crippen molar-refractivity contribution in [1.29, 1.82) is 0 Å². The largest absolute Gasteiger partial charge is 0.355 e. The van der Waals surface area contributed by atoms with E-state index in [0.29, 0.717) is 19.5 Å². The summed E-state index contributed by atoms with van der Waals surface area (Å²) in [5, 5.41) is 2.97. The molecular formula is C18H26N2O2. The number of likely N-dealkylation sites (tertiary alicyclic amines) is 1. The van der Waals surface area contributed by atoms with Gasteiger partial charge in [0, 0.05) is 26.1 Å². The average molecular weight is 302 g/mol. The molecule has 0 spiro atoms. The van der Waals surface area contributed by atoms with Gasteiger partial charge in [0.05, 0.1) is 5.92 Å². The smallest absolute Gasteiger partial charge is 0.225 e. The summed E-state index contributed by atoms with van der Waals surface area (Å²) in [7, 11) is 0. The van der Waals surface area contributed by atoms with Crippen LogP contribution in [-0.2, 0) is 16.0 Å². The van der Waals surface area contributed by atoms with Gasteiger partial charge in [0.1, 0.15) is 0 Å². The molecule has 1 aliphatic rings. The molecule has 4 heteroatoms. The number of carbonyl (C=O) groups is 2. The first kappa shape index (κ1) is 16.5. The van der Waals surface area contributed by atoms with Crippen LogP contribution in [0.5, 0.6) is 0 Å². The lowest BCUT2D eigenvalue weighted by molar-refractivity contribution is -0.129. The van der Waals surface area contributed by atoms with Crippen LogP contribution in [0.15, 0.2) is 24.3 Å². The number of benzene rings is 1. The summed E-state index contributed by atoms with van der Waals surface area (Å²) in [6, 6.07) is 8.34. The van der Waals surface area contributed by atoms with Gasteiger partial charge < -0.3 is 10.2 Å². The normalized spacial score (nSPS) is 17.8. The average Bonchev–Trinajstić information content (AvgIpc) is 2.88. The number of aryl methyl sites for hydroxylation is 1. The number of unbranched alkanes of at least 4 members (excludes halogenated alkanes) is 1. The van der Waals surface area contributed by atoms with Crippen LogP contribution in [0, 0.1) is 12.8 Å². The maximum atomic E-state index is 12.2. The molecule has 2 amide bonds. The van der Waals surface area contributed by atoms with E-state index in [9.17, 15) is 9.59 Å². The molecule has 1 N–H and O–H groups in total. The van der Waals surface area contributed by atoms with Gasteiger partial charge in [-0.15, -0.1) is 0 Å². The standard InChI is InChI=1S/C18H26N2O2/c1-3-4-11-20-13-16(12-17(20)21)18(22)19-10-9-15-7-5-14(2)6-8-15/h5-8,16H,3-4,9-13H2,1-2H3,(H,19,22)/t16-/m0/s1. The molecular weight excluding hydrogens is 276 g/mol. The number of hydrogen-bond donors (Lipinski definition) is 1. The van der Waals surface area contributed by atoms with E-state index in [1.54, 1.807) is 0 Å². The molecule has 1 fully saturated rings. The zero-order valence-electron chi connectivity index (χ0n) is 13.6. The van der Waals surface area contributed by atoms with Crippen molar-refractivity contribution in [3.05, 3.63) is 35.4 Å². The lowest BCUT2D eigenvalue weighted by atomic mass is 10.1. The van der Waals surface area contributed by atoms with E-state index in [4.69, 9.17) is 0 Å². The van der Waals surface area contributed by atoms with Crippen molar-refractivity contribution >= 4 is 11.8 Å². The quantitative estimate of drug-likeness (QED) is 0.840. The van der Waals surface area contributed by atoms with E-state index in [1.807, 2.05) is 4.90 Å². The van der Waals surface area contributed by atoms with Gasteiger partial charge >= 0.3 is 0 Å². The number of rotatable bonds is 7. The second-order valence-corrected chi connectivity index (χ2v) is 6.12. The zero-order valence-corrected chi connectivity index (χ0v) is 13.6. The lowest BCUT2D eigenvalue weighted by Gasteiger charge is -2.16. The van der Waals surface area contributed by atoms with Gasteiger partial charge in [-0.1, -0.05) is 43.2 Å². The Morgan fingerprint density at radius 1 is 1.32 bits per heavy atom. The monoisotopic (exact) mass is 302 g/mol. The van der Waals surface area contributed by atoms with Crippen LogP contribution < -0.4 is 5.32 Å². The van der Waals surface area contributed by atoms with Crippen molar-refractivity contribution in [3.63, 3.8) is 0 Å². The van der Waals surface area contributed by atoms with Crippen molar-refractivity contribution in [2.45, 2.75) is 39.5 Å². The van der Waals surface area contributed by atoms with Crippen LogP contribution >= 0.6 is 0 Å². The number of nitrogens with one attached hydrogen (secondary N) is 1. The second kappa shape index (κ2) is 7.97. The molecule has 1 atom stereocenters. The molecule has 22 heavy (non-hydrogen) atoms. The maximum absolute atomic E-state index is 12.2. The van der Waals surface area contributed by atoms with E-state index < -0.39 is 0 Å². The third kappa shape index (κ3) is 4.58. The van der Waals surface area contributed by atoms with Gasteiger partial charge in [-0.2, -0.15) is 0 Å². The van der Waals surface area contributed by atoms with Crippen LogP contribution in [0.4, 0.5) is 0 Å². The minimum atomic E-state index is -0.178. The summed E-state index contributed by atoms with van der Waals surface area (Å²) in [6.45, 7) is 6.15. The highest BCUT2D eigenvalue weighted by Gasteiger charge is 2.33. The highest BCUT2D eigenvalue weighted by atomic mass is 16.2. The van der Waals surface area contributed by atoms with Gasteiger partial charge in [0.15, 0.2) is 0 Å². The fourth-order valence-corrected chi connectivity index (χ4v) is 2.74. The molecule has 2 rings (SSSR count). The number of carbonyl (C=O) groups excluding carboxylic acids is 2. The Morgan fingerprint density at radius 2 is 2.05 bits per heavy atom. The second-order valence-electron chi connectivity index (χ2n) is 6.12. The van der Waals surface area contributed by atoms with Crippen LogP contribution in [0.3, 0.4) is 0 Å². The van der Waals surface area contributed by atoms with Gasteiger partial charge in [-0.05, 0) is 25.3 Å². The molecule has 1 saturated heterocycles. The molecule has 0 bridgehead atoms. The van der Waals surface area contributed by atoms with Crippen molar-refractivity contribution in [1.82, 2.24) is 10.2 Å². The zero-order chi connectivity index (χ0) is 15.9. The molecule has 0 saturated carbocycles. The number of hydrogen-bond acceptors (Lipinski definition) is 2. The molecule has 1 aromatic carbocycles. The molecule has 0 aliphatic carbocycles. The van der Waals surface area contributed by atoms with Crippen LogP contribution in [0.25, 0.3) is 0 Å². The molecule has 1 aromatic rings. The Labute approximate surface area is 132 Å². The highest BCUT2D eigenvalue weighted by Crippen LogP contribution is 2.18. The number of amides is 2. The maximum Gasteiger partial charge on any atom is 0.225 e. The summed E-state index contributed by atoms with van der Waals surface area (Å²) in [4.78, 5) is 25.9. The summed E-state index contributed by atoms with van der Waals surface area (Å²) >= 11 is 0. The molecule has 0 radical (unpaired) electrons. The fourth-order valence-electron chi connectivity index (χ4n) is 2.74. The van der Waals surface area contributed by atoms with Gasteiger partial charge in [-0.3, -0.25) is 9.59 Å². The number of nitrogens with zero attached hydrogens (tertiary/aromatic N) is 1. The Bertz CT molecular complexity index is 510. The third-order valence-corrected chi connectivity index (χ3v) is 4.20. The Balaban J connectivity index is 1.73. The molecule has 1 heterocycles. The third-order valence-electron chi connectivity index (χ3n) is 4.20.